The fraction of sp³-hybridized carbons (Fsp3) is 0.333. The second-order valence-corrected chi connectivity index (χ2v) is 3.81. The maximum atomic E-state index is 3.26. The third kappa shape index (κ3) is 1.42. The van der Waals surface area contributed by atoms with Gasteiger partial charge in [0.25, 0.3) is 0 Å². The summed E-state index contributed by atoms with van der Waals surface area (Å²) < 4.78 is 5.55. The number of nitrogens with one attached hydrogen (secondary N) is 1. The average molecular weight is 180 g/mol. The quantitative estimate of drug-likeness (QED) is 0.666. The summed E-state index contributed by atoms with van der Waals surface area (Å²) in [6.07, 6.45) is 0. The molecule has 1 aliphatic heterocycles. The highest BCUT2D eigenvalue weighted by atomic mass is 32.2. The lowest BCUT2D eigenvalue weighted by atomic mass is 10.3. The highest BCUT2D eigenvalue weighted by molar-refractivity contribution is 7.99. The minimum Gasteiger partial charge on any atom is -0.299 e. The smallest absolute Gasteiger partial charge is 0.0524 e. The van der Waals surface area contributed by atoms with Crippen LogP contribution < -0.4 is 9.03 Å². The molecule has 1 aliphatic rings. The SMILES string of the molecule is CC1CNSN1c1ccccc1. The predicted octanol–water partition coefficient (Wildman–Crippen LogP) is 2.05. The van der Waals surface area contributed by atoms with Crippen molar-refractivity contribution in [2.75, 3.05) is 10.8 Å². The fourth-order valence-corrected chi connectivity index (χ4v) is 2.22. The van der Waals surface area contributed by atoms with Crippen molar-refractivity contribution in [2.24, 2.45) is 0 Å². The van der Waals surface area contributed by atoms with Gasteiger partial charge < -0.3 is 0 Å². The Hall–Kier alpha value is -0.670. The fourth-order valence-electron chi connectivity index (χ4n) is 1.28. The van der Waals surface area contributed by atoms with Crippen molar-refractivity contribution in [1.29, 1.82) is 0 Å². The van der Waals surface area contributed by atoms with Gasteiger partial charge >= 0.3 is 0 Å². The van der Waals surface area contributed by atoms with Crippen molar-refractivity contribution in [3.63, 3.8) is 0 Å². The van der Waals surface area contributed by atoms with Crippen molar-refractivity contribution in [3.05, 3.63) is 30.3 Å². The van der Waals surface area contributed by atoms with Crippen LogP contribution >= 0.6 is 12.1 Å². The first-order chi connectivity index (χ1) is 5.88. The van der Waals surface area contributed by atoms with Crippen LogP contribution in [0.15, 0.2) is 30.3 Å². The molecule has 3 heteroatoms. The molecule has 2 rings (SSSR count). The Kier molecular flexibility index (Phi) is 2.23. The number of nitrogens with zero attached hydrogens (tertiary/aromatic N) is 1. The van der Waals surface area contributed by atoms with Crippen LogP contribution in [0.3, 0.4) is 0 Å². The molecule has 0 amide bonds. The molecule has 1 saturated heterocycles. The summed E-state index contributed by atoms with van der Waals surface area (Å²) in [6.45, 7) is 3.28. The Labute approximate surface area is 77.2 Å². The molecule has 1 N–H and O–H groups in total. The van der Waals surface area contributed by atoms with Crippen molar-refractivity contribution in [3.8, 4) is 0 Å². The van der Waals surface area contributed by atoms with E-state index in [-0.39, 0.29) is 0 Å². The molecule has 1 unspecified atom stereocenters. The minimum absolute atomic E-state index is 0.581. The van der Waals surface area contributed by atoms with E-state index >= 15 is 0 Å². The number of anilines is 1. The molecule has 0 aliphatic carbocycles. The second-order valence-electron chi connectivity index (χ2n) is 2.95. The van der Waals surface area contributed by atoms with Gasteiger partial charge in [-0.05, 0) is 19.1 Å². The second kappa shape index (κ2) is 3.37. The van der Waals surface area contributed by atoms with Crippen LogP contribution in [0.25, 0.3) is 0 Å². The predicted molar refractivity (Wildman–Crippen MR) is 54.0 cm³/mol. The van der Waals surface area contributed by atoms with E-state index in [9.17, 15) is 0 Å². The van der Waals surface area contributed by atoms with Crippen LogP contribution in [0.5, 0.6) is 0 Å². The molecule has 2 nitrogen and oxygen atoms in total. The van der Waals surface area contributed by atoms with Crippen LogP contribution in [-0.4, -0.2) is 12.6 Å². The molecule has 1 atom stereocenters. The van der Waals surface area contributed by atoms with Crippen LogP contribution in [0.2, 0.25) is 0 Å². The van der Waals surface area contributed by atoms with Gasteiger partial charge in [-0.25, -0.2) is 4.72 Å². The highest BCUT2D eigenvalue weighted by Gasteiger charge is 2.20. The lowest BCUT2D eigenvalue weighted by Gasteiger charge is -2.19. The van der Waals surface area contributed by atoms with E-state index in [0.717, 1.165) is 6.54 Å². The molecule has 12 heavy (non-hydrogen) atoms. The standard InChI is InChI=1S/C9H12N2S/c1-8-7-10-12-11(8)9-5-3-2-4-6-9/h2-6,8,10H,7H2,1H3. The van der Waals surface area contributed by atoms with E-state index in [0.29, 0.717) is 6.04 Å². The molecule has 1 heterocycles. The molecule has 0 spiro atoms. The number of benzene rings is 1. The van der Waals surface area contributed by atoms with Gasteiger partial charge in [-0.2, -0.15) is 0 Å². The van der Waals surface area contributed by atoms with E-state index in [1.54, 1.807) is 12.1 Å². The van der Waals surface area contributed by atoms with E-state index < -0.39 is 0 Å². The van der Waals surface area contributed by atoms with Crippen molar-refractivity contribution in [2.45, 2.75) is 13.0 Å². The van der Waals surface area contributed by atoms with Gasteiger partial charge in [0.1, 0.15) is 0 Å². The van der Waals surface area contributed by atoms with E-state index in [1.165, 1.54) is 5.69 Å². The summed E-state index contributed by atoms with van der Waals surface area (Å²) in [5.41, 5.74) is 1.28. The zero-order chi connectivity index (χ0) is 8.39. The van der Waals surface area contributed by atoms with Gasteiger partial charge in [-0.1, -0.05) is 18.2 Å². The average Bonchev–Trinajstić information content (AvgIpc) is 2.53. The number of hydrogen-bond acceptors (Lipinski definition) is 3. The molecule has 0 radical (unpaired) electrons. The number of hydrogen-bond donors (Lipinski definition) is 1. The molecule has 0 bridgehead atoms. The van der Waals surface area contributed by atoms with Crippen LogP contribution in [-0.2, 0) is 0 Å². The molecule has 1 fully saturated rings. The summed E-state index contributed by atoms with van der Waals surface area (Å²) in [5, 5.41) is 0. The lowest BCUT2D eigenvalue weighted by molar-refractivity contribution is 0.771. The first-order valence-electron chi connectivity index (χ1n) is 4.12. The Bertz CT molecular complexity index is 250. The normalized spacial score (nSPS) is 23.1. The van der Waals surface area contributed by atoms with E-state index in [2.05, 4.69) is 40.2 Å². The molecular weight excluding hydrogens is 168 g/mol. The summed E-state index contributed by atoms with van der Waals surface area (Å²) in [4.78, 5) is 0. The summed E-state index contributed by atoms with van der Waals surface area (Å²) >= 11 is 1.69. The number of rotatable bonds is 1. The Morgan fingerprint density at radius 2 is 2.17 bits per heavy atom. The largest absolute Gasteiger partial charge is 0.299 e. The Balaban J connectivity index is 2.19. The first-order valence-corrected chi connectivity index (χ1v) is 4.89. The van der Waals surface area contributed by atoms with Gasteiger partial charge in [0.2, 0.25) is 0 Å². The third-order valence-electron chi connectivity index (χ3n) is 1.95. The van der Waals surface area contributed by atoms with Crippen LogP contribution in [0, 0.1) is 0 Å². The van der Waals surface area contributed by atoms with Crippen molar-refractivity contribution in [1.82, 2.24) is 4.72 Å². The Morgan fingerprint density at radius 3 is 2.75 bits per heavy atom. The highest BCUT2D eigenvalue weighted by Crippen LogP contribution is 2.26. The topological polar surface area (TPSA) is 15.3 Å². The van der Waals surface area contributed by atoms with E-state index in [4.69, 9.17) is 0 Å². The molecule has 0 aromatic heterocycles. The molecule has 1 aromatic rings. The lowest BCUT2D eigenvalue weighted by Crippen LogP contribution is -2.22. The van der Waals surface area contributed by atoms with Gasteiger partial charge in [0, 0.05) is 24.4 Å². The maximum Gasteiger partial charge on any atom is 0.0524 e. The number of para-hydroxylation sites is 1. The van der Waals surface area contributed by atoms with Gasteiger partial charge in [-0.15, -0.1) is 0 Å². The molecule has 0 saturated carbocycles. The molecule has 1 aromatic carbocycles. The van der Waals surface area contributed by atoms with Crippen LogP contribution in [0.1, 0.15) is 6.92 Å². The third-order valence-corrected chi connectivity index (χ3v) is 3.02. The minimum atomic E-state index is 0.581. The zero-order valence-electron chi connectivity index (χ0n) is 7.03. The molecular formula is C9H12N2S. The zero-order valence-corrected chi connectivity index (χ0v) is 7.84. The van der Waals surface area contributed by atoms with Gasteiger partial charge in [0.05, 0.1) is 6.04 Å². The summed E-state index contributed by atoms with van der Waals surface area (Å²) in [7, 11) is 0. The van der Waals surface area contributed by atoms with Gasteiger partial charge in [-0.3, -0.25) is 4.31 Å². The van der Waals surface area contributed by atoms with Crippen LogP contribution in [0.4, 0.5) is 5.69 Å². The summed E-state index contributed by atoms with van der Waals surface area (Å²) in [6, 6.07) is 11.0. The monoisotopic (exact) mass is 180 g/mol. The first kappa shape index (κ1) is 7.95. The van der Waals surface area contributed by atoms with Crippen molar-refractivity contribution < 1.29 is 0 Å². The maximum absolute atomic E-state index is 3.26. The summed E-state index contributed by atoms with van der Waals surface area (Å²) in [5.74, 6) is 0. The van der Waals surface area contributed by atoms with Gasteiger partial charge in [0.15, 0.2) is 0 Å². The van der Waals surface area contributed by atoms with E-state index in [1.807, 2.05) is 6.07 Å². The Morgan fingerprint density at radius 1 is 1.42 bits per heavy atom. The van der Waals surface area contributed by atoms with Crippen molar-refractivity contribution >= 4 is 17.8 Å². The molecule has 64 valence electrons.